The number of carboxylic acid groups (broad SMARTS) is 1. The Hall–Kier alpha value is -2.67. The molecule has 2 bridgehead atoms. The Morgan fingerprint density at radius 2 is 1.71 bits per heavy atom. The summed E-state index contributed by atoms with van der Waals surface area (Å²) in [5.41, 5.74) is 7.26. The van der Waals surface area contributed by atoms with Crippen molar-refractivity contribution < 1.29 is 19.5 Å². The molecule has 6 nitrogen and oxygen atoms in total. The van der Waals surface area contributed by atoms with Crippen molar-refractivity contribution in [2.45, 2.75) is 26.2 Å². The lowest BCUT2D eigenvalue weighted by Gasteiger charge is -2.27. The number of aryl methyl sites for hydroxylation is 1. The molecule has 0 unspecified atom stereocenters. The normalized spacial score (nSPS) is 25.5. The van der Waals surface area contributed by atoms with Crippen molar-refractivity contribution in [3.8, 4) is 11.1 Å². The van der Waals surface area contributed by atoms with Gasteiger partial charge < -0.3 is 5.11 Å². The fraction of sp³-hybridized carbons (Fsp3) is 0.381. The molecule has 0 saturated heterocycles. The monoisotopic (exact) mass is 398 g/mol. The molecule has 0 aliphatic heterocycles. The molecular weight excluding hydrogens is 376 g/mol. The molecule has 2 amide bonds. The fourth-order valence-electron chi connectivity index (χ4n) is 4.88. The van der Waals surface area contributed by atoms with Crippen LogP contribution >= 0.6 is 11.3 Å². The molecule has 0 spiro atoms. The summed E-state index contributed by atoms with van der Waals surface area (Å²) in [5, 5.41) is 11.3. The van der Waals surface area contributed by atoms with Gasteiger partial charge in [0.05, 0.1) is 17.4 Å². The number of thiophene rings is 1. The van der Waals surface area contributed by atoms with Crippen molar-refractivity contribution in [1.29, 1.82) is 0 Å². The Balaban J connectivity index is 1.47. The third-order valence-corrected chi connectivity index (χ3v) is 7.00. The van der Waals surface area contributed by atoms with Gasteiger partial charge in [-0.1, -0.05) is 30.3 Å². The highest BCUT2D eigenvalue weighted by atomic mass is 32.1. The number of rotatable bonds is 4. The number of carbonyl (C=O) groups excluding carboxylic acids is 2. The highest BCUT2D eigenvalue weighted by Gasteiger charge is 2.54. The smallest absolute Gasteiger partial charge is 0.307 e. The van der Waals surface area contributed by atoms with Crippen LogP contribution in [-0.4, -0.2) is 22.9 Å². The molecule has 2 aliphatic carbocycles. The highest BCUT2D eigenvalue weighted by molar-refractivity contribution is 7.10. The molecule has 2 aliphatic rings. The predicted octanol–water partition coefficient (Wildman–Crippen LogP) is 3.23. The summed E-state index contributed by atoms with van der Waals surface area (Å²) in [6.45, 7) is 1.95. The summed E-state index contributed by atoms with van der Waals surface area (Å²) >= 11 is 1.48. The van der Waals surface area contributed by atoms with Crippen molar-refractivity contribution >= 4 is 29.1 Å². The molecular formula is C21H22N2O4S. The molecule has 4 atom stereocenters. The second-order valence-corrected chi connectivity index (χ2v) is 8.70. The van der Waals surface area contributed by atoms with E-state index in [1.54, 1.807) is 5.38 Å². The van der Waals surface area contributed by atoms with Gasteiger partial charge >= 0.3 is 5.97 Å². The molecule has 3 N–H and O–H groups in total. The molecule has 2 saturated carbocycles. The van der Waals surface area contributed by atoms with Crippen molar-refractivity contribution in [2.24, 2.45) is 23.7 Å². The first-order chi connectivity index (χ1) is 13.5. The maximum Gasteiger partial charge on any atom is 0.307 e. The van der Waals surface area contributed by atoms with Crippen LogP contribution in [0.2, 0.25) is 0 Å². The summed E-state index contributed by atoms with van der Waals surface area (Å²) < 4.78 is 0. The Kier molecular flexibility index (Phi) is 4.93. The van der Waals surface area contributed by atoms with Crippen LogP contribution in [0.4, 0.5) is 0 Å². The standard InChI is InChI=1S/C21H22N2O4S/c1-11-16(12-5-3-2-4-6-12)15(10-28-11)19(24)22-23-20(25)17-13-7-8-14(9-13)18(17)21(26)27/h2-6,10,13-14,17-18H,7-9H2,1H3,(H,22,24)(H,23,25)(H,26,27)/t13-,14+,17+,18+/m1/s1. The molecule has 1 heterocycles. The number of nitrogens with one attached hydrogen (secondary N) is 2. The molecule has 0 radical (unpaired) electrons. The van der Waals surface area contributed by atoms with E-state index in [1.165, 1.54) is 11.3 Å². The summed E-state index contributed by atoms with van der Waals surface area (Å²) in [5.74, 6) is -2.79. The van der Waals surface area contributed by atoms with Crippen LogP contribution < -0.4 is 10.9 Å². The SMILES string of the molecule is Cc1scc(C(=O)NNC(=O)[C@H]2[C@@H]3CC[C@@H](C3)[C@@H]2C(=O)O)c1-c1ccccc1. The highest BCUT2D eigenvalue weighted by Crippen LogP contribution is 2.52. The van der Waals surface area contributed by atoms with Gasteiger partial charge in [0.15, 0.2) is 0 Å². The summed E-state index contributed by atoms with van der Waals surface area (Å²) in [6.07, 6.45) is 2.53. The zero-order chi connectivity index (χ0) is 19.8. The fourth-order valence-corrected chi connectivity index (χ4v) is 5.74. The van der Waals surface area contributed by atoms with Crippen LogP contribution in [0, 0.1) is 30.6 Å². The number of fused-ring (bicyclic) bond motifs is 2. The van der Waals surface area contributed by atoms with E-state index in [0.717, 1.165) is 35.3 Å². The molecule has 2 fully saturated rings. The quantitative estimate of drug-likeness (QED) is 0.689. The average Bonchev–Trinajstić information content (AvgIpc) is 3.40. The maximum atomic E-state index is 12.7. The Morgan fingerprint density at radius 3 is 2.39 bits per heavy atom. The van der Waals surface area contributed by atoms with Crippen LogP contribution in [0.5, 0.6) is 0 Å². The van der Waals surface area contributed by atoms with Gasteiger partial charge in [0.2, 0.25) is 5.91 Å². The van der Waals surface area contributed by atoms with E-state index in [-0.39, 0.29) is 11.8 Å². The Bertz CT molecular complexity index is 924. The molecule has 1 aromatic carbocycles. The number of aliphatic carboxylic acids is 1. The van der Waals surface area contributed by atoms with E-state index in [0.29, 0.717) is 5.56 Å². The van der Waals surface area contributed by atoms with Gasteiger partial charge in [-0.15, -0.1) is 11.3 Å². The van der Waals surface area contributed by atoms with Gasteiger partial charge in [0.25, 0.3) is 5.91 Å². The second-order valence-electron chi connectivity index (χ2n) is 7.61. The van der Waals surface area contributed by atoms with Crippen molar-refractivity contribution in [2.75, 3.05) is 0 Å². The maximum absolute atomic E-state index is 12.7. The number of carboxylic acids is 1. The molecule has 146 valence electrons. The van der Waals surface area contributed by atoms with Crippen LogP contribution in [-0.2, 0) is 9.59 Å². The van der Waals surface area contributed by atoms with Crippen LogP contribution in [0.3, 0.4) is 0 Å². The van der Waals surface area contributed by atoms with Crippen molar-refractivity contribution in [1.82, 2.24) is 10.9 Å². The average molecular weight is 398 g/mol. The lowest BCUT2D eigenvalue weighted by molar-refractivity contribution is -0.149. The topological polar surface area (TPSA) is 95.5 Å². The molecule has 1 aromatic heterocycles. The Morgan fingerprint density at radius 1 is 1.04 bits per heavy atom. The number of carbonyl (C=O) groups is 3. The zero-order valence-electron chi connectivity index (χ0n) is 15.5. The minimum Gasteiger partial charge on any atom is -0.481 e. The third kappa shape index (κ3) is 3.20. The molecule has 28 heavy (non-hydrogen) atoms. The van der Waals surface area contributed by atoms with Gasteiger partial charge in [-0.3, -0.25) is 25.2 Å². The summed E-state index contributed by atoms with van der Waals surface area (Å²) in [4.78, 5) is 38.0. The van der Waals surface area contributed by atoms with Crippen LogP contribution in [0.15, 0.2) is 35.7 Å². The minimum absolute atomic E-state index is 0.0677. The molecule has 7 heteroatoms. The van der Waals surface area contributed by atoms with E-state index in [4.69, 9.17) is 0 Å². The van der Waals surface area contributed by atoms with E-state index in [9.17, 15) is 19.5 Å². The van der Waals surface area contributed by atoms with Crippen molar-refractivity contribution in [3.05, 3.63) is 46.2 Å². The molecule has 4 rings (SSSR count). The first kappa shape index (κ1) is 18.7. The minimum atomic E-state index is -0.918. The number of amides is 2. The lowest BCUT2D eigenvalue weighted by atomic mass is 9.79. The van der Waals surface area contributed by atoms with Gasteiger partial charge in [-0.2, -0.15) is 0 Å². The zero-order valence-corrected chi connectivity index (χ0v) is 16.3. The van der Waals surface area contributed by atoms with E-state index in [2.05, 4.69) is 10.9 Å². The summed E-state index contributed by atoms with van der Waals surface area (Å²) in [7, 11) is 0. The number of hydrazine groups is 1. The van der Waals surface area contributed by atoms with Gasteiger partial charge in [0, 0.05) is 15.8 Å². The van der Waals surface area contributed by atoms with E-state index >= 15 is 0 Å². The van der Waals surface area contributed by atoms with Crippen LogP contribution in [0.1, 0.15) is 34.5 Å². The summed E-state index contributed by atoms with van der Waals surface area (Å²) in [6, 6.07) is 9.63. The number of hydrogen-bond donors (Lipinski definition) is 3. The van der Waals surface area contributed by atoms with Crippen molar-refractivity contribution in [3.63, 3.8) is 0 Å². The first-order valence-corrected chi connectivity index (χ1v) is 10.3. The van der Waals surface area contributed by atoms with Gasteiger partial charge in [0.1, 0.15) is 0 Å². The van der Waals surface area contributed by atoms with E-state index < -0.39 is 29.6 Å². The van der Waals surface area contributed by atoms with Gasteiger partial charge in [-0.05, 0) is 43.6 Å². The largest absolute Gasteiger partial charge is 0.481 e. The van der Waals surface area contributed by atoms with E-state index in [1.807, 2.05) is 37.3 Å². The number of hydrogen-bond acceptors (Lipinski definition) is 4. The Labute approximate surface area is 166 Å². The molecule has 2 aromatic rings. The third-order valence-electron chi connectivity index (χ3n) is 6.09. The van der Waals surface area contributed by atoms with Gasteiger partial charge in [-0.25, -0.2) is 0 Å². The predicted molar refractivity (Wildman–Crippen MR) is 106 cm³/mol. The first-order valence-electron chi connectivity index (χ1n) is 9.44. The lowest BCUT2D eigenvalue weighted by Crippen LogP contribution is -2.48. The number of benzene rings is 1. The second kappa shape index (κ2) is 7.39. The van der Waals surface area contributed by atoms with Crippen LogP contribution in [0.25, 0.3) is 11.1 Å².